The van der Waals surface area contributed by atoms with E-state index in [0.29, 0.717) is 5.92 Å². The van der Waals surface area contributed by atoms with Crippen LogP contribution in [-0.2, 0) is 6.54 Å². The van der Waals surface area contributed by atoms with Crippen molar-refractivity contribution in [3.63, 3.8) is 0 Å². The van der Waals surface area contributed by atoms with Crippen molar-refractivity contribution in [1.82, 2.24) is 14.8 Å². The summed E-state index contributed by atoms with van der Waals surface area (Å²) in [5.74, 6) is 1.68. The molecule has 2 rings (SSSR count). The summed E-state index contributed by atoms with van der Waals surface area (Å²) in [5.41, 5.74) is 5.53. The number of aryl methyl sites for hydroxylation is 1. The van der Waals surface area contributed by atoms with E-state index in [4.69, 9.17) is 5.73 Å². The lowest BCUT2D eigenvalue weighted by Crippen LogP contribution is -2.19. The van der Waals surface area contributed by atoms with Crippen LogP contribution in [-0.4, -0.2) is 21.3 Å². The molecule has 0 bridgehead atoms. The van der Waals surface area contributed by atoms with Gasteiger partial charge in [-0.2, -0.15) is 5.10 Å². The smallest absolute Gasteiger partial charge is 0.138 e. The van der Waals surface area contributed by atoms with Crippen molar-refractivity contribution in [3.8, 4) is 0 Å². The van der Waals surface area contributed by atoms with E-state index in [9.17, 15) is 0 Å². The predicted octanol–water partition coefficient (Wildman–Crippen LogP) is 0.504. The topological polar surface area (TPSA) is 56.7 Å². The van der Waals surface area contributed by atoms with Gasteiger partial charge in [0, 0.05) is 12.5 Å². The van der Waals surface area contributed by atoms with Crippen LogP contribution in [0.2, 0.25) is 0 Å². The Morgan fingerprint density at radius 3 is 3.42 bits per heavy atom. The molecule has 1 aromatic heterocycles. The SMILES string of the molecule is NCCC1CCCn2ncnc21. The molecule has 0 fully saturated rings. The second-order valence-corrected chi connectivity index (χ2v) is 3.26. The standard InChI is InChI=1S/C8H14N4/c9-4-3-7-2-1-5-12-8(7)10-6-11-12/h6-7H,1-5,9H2. The van der Waals surface area contributed by atoms with Crippen LogP contribution in [0.3, 0.4) is 0 Å². The molecule has 0 radical (unpaired) electrons. The minimum absolute atomic E-state index is 0.547. The first-order chi connectivity index (χ1) is 5.92. The molecule has 0 saturated heterocycles. The Labute approximate surface area is 71.8 Å². The Morgan fingerprint density at radius 1 is 1.67 bits per heavy atom. The molecule has 0 saturated carbocycles. The van der Waals surface area contributed by atoms with Gasteiger partial charge in [-0.05, 0) is 25.8 Å². The van der Waals surface area contributed by atoms with Gasteiger partial charge in [-0.15, -0.1) is 0 Å². The van der Waals surface area contributed by atoms with E-state index >= 15 is 0 Å². The fourth-order valence-electron chi connectivity index (χ4n) is 1.85. The fraction of sp³-hybridized carbons (Fsp3) is 0.750. The number of nitrogens with zero attached hydrogens (tertiary/aromatic N) is 3. The number of hydrogen-bond donors (Lipinski definition) is 1. The zero-order valence-corrected chi connectivity index (χ0v) is 7.11. The molecule has 1 aliphatic rings. The summed E-state index contributed by atoms with van der Waals surface area (Å²) in [5, 5.41) is 4.15. The summed E-state index contributed by atoms with van der Waals surface area (Å²) < 4.78 is 2.00. The van der Waals surface area contributed by atoms with Gasteiger partial charge in [0.1, 0.15) is 12.2 Å². The third-order valence-corrected chi connectivity index (χ3v) is 2.45. The van der Waals surface area contributed by atoms with Crippen LogP contribution in [0.4, 0.5) is 0 Å². The van der Waals surface area contributed by atoms with Crippen molar-refractivity contribution in [1.29, 1.82) is 0 Å². The molecule has 1 unspecified atom stereocenters. The van der Waals surface area contributed by atoms with E-state index in [1.54, 1.807) is 6.33 Å². The zero-order chi connectivity index (χ0) is 8.39. The van der Waals surface area contributed by atoms with Gasteiger partial charge in [0.05, 0.1) is 0 Å². The molecular weight excluding hydrogens is 152 g/mol. The van der Waals surface area contributed by atoms with Crippen molar-refractivity contribution in [2.75, 3.05) is 6.54 Å². The summed E-state index contributed by atoms with van der Waals surface area (Å²) in [6, 6.07) is 0. The Morgan fingerprint density at radius 2 is 2.58 bits per heavy atom. The van der Waals surface area contributed by atoms with E-state index in [-0.39, 0.29) is 0 Å². The average molecular weight is 166 g/mol. The highest BCUT2D eigenvalue weighted by molar-refractivity contribution is 4.98. The third kappa shape index (κ3) is 1.22. The average Bonchev–Trinajstić information content (AvgIpc) is 2.53. The number of aromatic nitrogens is 3. The Kier molecular flexibility index (Phi) is 2.08. The minimum Gasteiger partial charge on any atom is -0.330 e. The first kappa shape index (κ1) is 7.73. The van der Waals surface area contributed by atoms with Crippen LogP contribution in [0.25, 0.3) is 0 Å². The summed E-state index contributed by atoms with van der Waals surface area (Å²) in [4.78, 5) is 4.25. The van der Waals surface area contributed by atoms with Gasteiger partial charge in [0.2, 0.25) is 0 Å². The van der Waals surface area contributed by atoms with E-state index in [1.165, 1.54) is 12.8 Å². The largest absolute Gasteiger partial charge is 0.330 e. The van der Waals surface area contributed by atoms with Gasteiger partial charge in [-0.1, -0.05) is 0 Å². The van der Waals surface area contributed by atoms with Crippen LogP contribution in [0.5, 0.6) is 0 Å². The van der Waals surface area contributed by atoms with Gasteiger partial charge in [0.25, 0.3) is 0 Å². The highest BCUT2D eigenvalue weighted by atomic mass is 15.3. The molecule has 0 aromatic carbocycles. The Balaban J connectivity index is 2.19. The third-order valence-electron chi connectivity index (χ3n) is 2.45. The van der Waals surface area contributed by atoms with Gasteiger partial charge in [-0.3, -0.25) is 0 Å². The lowest BCUT2D eigenvalue weighted by Gasteiger charge is -2.21. The molecule has 2 heterocycles. The van der Waals surface area contributed by atoms with Crippen molar-refractivity contribution < 1.29 is 0 Å². The Bertz CT molecular complexity index is 255. The number of hydrogen-bond acceptors (Lipinski definition) is 3. The molecule has 2 N–H and O–H groups in total. The van der Waals surface area contributed by atoms with Crippen molar-refractivity contribution >= 4 is 0 Å². The molecule has 12 heavy (non-hydrogen) atoms. The quantitative estimate of drug-likeness (QED) is 0.696. The molecule has 0 aliphatic carbocycles. The summed E-state index contributed by atoms with van der Waals surface area (Å²) in [6.45, 7) is 1.77. The maximum atomic E-state index is 5.53. The van der Waals surface area contributed by atoms with Crippen molar-refractivity contribution in [2.24, 2.45) is 5.73 Å². The lowest BCUT2D eigenvalue weighted by molar-refractivity contribution is 0.403. The highest BCUT2D eigenvalue weighted by Gasteiger charge is 2.20. The van der Waals surface area contributed by atoms with Crippen molar-refractivity contribution in [3.05, 3.63) is 12.2 Å². The molecule has 66 valence electrons. The van der Waals surface area contributed by atoms with Crippen LogP contribution in [0.15, 0.2) is 6.33 Å². The maximum absolute atomic E-state index is 5.53. The summed E-state index contributed by atoms with van der Waals surface area (Å²) in [6.07, 6.45) is 5.11. The van der Waals surface area contributed by atoms with E-state index in [2.05, 4.69) is 10.1 Å². The van der Waals surface area contributed by atoms with Crippen LogP contribution < -0.4 is 5.73 Å². The van der Waals surface area contributed by atoms with Crippen LogP contribution in [0, 0.1) is 0 Å². The molecule has 4 heteroatoms. The molecule has 4 nitrogen and oxygen atoms in total. The zero-order valence-electron chi connectivity index (χ0n) is 7.11. The summed E-state index contributed by atoms with van der Waals surface area (Å²) in [7, 11) is 0. The monoisotopic (exact) mass is 166 g/mol. The first-order valence-electron chi connectivity index (χ1n) is 4.49. The van der Waals surface area contributed by atoms with Crippen LogP contribution in [0.1, 0.15) is 31.0 Å². The van der Waals surface area contributed by atoms with E-state index in [0.717, 1.165) is 25.3 Å². The van der Waals surface area contributed by atoms with Crippen LogP contribution >= 0.6 is 0 Å². The normalized spacial score (nSPS) is 22.2. The second kappa shape index (κ2) is 3.23. The molecule has 1 aliphatic heterocycles. The minimum atomic E-state index is 0.547. The van der Waals surface area contributed by atoms with Gasteiger partial charge >= 0.3 is 0 Å². The maximum Gasteiger partial charge on any atom is 0.138 e. The lowest BCUT2D eigenvalue weighted by atomic mass is 9.96. The molecule has 1 atom stereocenters. The predicted molar refractivity (Wildman–Crippen MR) is 45.7 cm³/mol. The van der Waals surface area contributed by atoms with E-state index < -0.39 is 0 Å². The number of fused-ring (bicyclic) bond motifs is 1. The van der Waals surface area contributed by atoms with Gasteiger partial charge in [0.15, 0.2) is 0 Å². The number of rotatable bonds is 2. The Hall–Kier alpha value is -0.900. The van der Waals surface area contributed by atoms with Gasteiger partial charge in [-0.25, -0.2) is 9.67 Å². The second-order valence-electron chi connectivity index (χ2n) is 3.26. The van der Waals surface area contributed by atoms with Crippen molar-refractivity contribution in [2.45, 2.75) is 31.7 Å². The summed E-state index contributed by atoms with van der Waals surface area (Å²) >= 11 is 0. The molecule has 1 aromatic rings. The fourth-order valence-corrected chi connectivity index (χ4v) is 1.85. The molecular formula is C8H14N4. The number of nitrogens with two attached hydrogens (primary N) is 1. The van der Waals surface area contributed by atoms with E-state index in [1.807, 2.05) is 4.68 Å². The molecule has 0 spiro atoms. The molecule has 0 amide bonds. The highest BCUT2D eigenvalue weighted by Crippen LogP contribution is 2.26. The van der Waals surface area contributed by atoms with Gasteiger partial charge < -0.3 is 5.73 Å². The first-order valence-corrected chi connectivity index (χ1v) is 4.49.